The summed E-state index contributed by atoms with van der Waals surface area (Å²) in [6.45, 7) is 0. The van der Waals surface area contributed by atoms with Crippen LogP contribution in [0.15, 0.2) is 18.2 Å². The minimum atomic E-state index is 0.00300. The van der Waals surface area contributed by atoms with Crippen LogP contribution in [0.5, 0.6) is 0 Å². The molecule has 1 aromatic rings. The highest BCUT2D eigenvalue weighted by molar-refractivity contribution is 6.33. The van der Waals surface area contributed by atoms with Gasteiger partial charge in [-0.3, -0.25) is 4.79 Å². The highest BCUT2D eigenvalue weighted by Gasteiger charge is 2.25. The molecule has 1 saturated carbocycles. The number of halogens is 1. The molecule has 1 N–H and O–H groups in total. The van der Waals surface area contributed by atoms with Crippen LogP contribution in [0.4, 0.5) is 5.69 Å². The number of carbonyl (C=O) groups is 1. The Balaban J connectivity index is 2.13. The van der Waals surface area contributed by atoms with E-state index in [9.17, 15) is 4.79 Å². The number of rotatable bonds is 2. The zero-order valence-electron chi connectivity index (χ0n) is 8.66. The lowest BCUT2D eigenvalue weighted by atomic mass is 9.85. The van der Waals surface area contributed by atoms with Crippen LogP contribution in [0.1, 0.15) is 24.8 Å². The summed E-state index contributed by atoms with van der Waals surface area (Å²) in [6.07, 6.45) is 3.01. The van der Waals surface area contributed by atoms with Crippen molar-refractivity contribution in [1.29, 1.82) is 5.26 Å². The predicted octanol–water partition coefficient (Wildman–Crippen LogP) is 2.95. The number of nitrogens with one attached hydrogen (secondary N) is 1. The third-order valence-corrected chi connectivity index (χ3v) is 3.16. The van der Waals surface area contributed by atoms with Gasteiger partial charge in [0.15, 0.2) is 0 Å². The first-order valence-corrected chi connectivity index (χ1v) is 5.59. The van der Waals surface area contributed by atoms with Crippen LogP contribution in [0.25, 0.3) is 0 Å². The van der Waals surface area contributed by atoms with Crippen molar-refractivity contribution >= 4 is 23.2 Å². The fourth-order valence-corrected chi connectivity index (χ4v) is 1.76. The minimum Gasteiger partial charge on any atom is -0.324 e. The van der Waals surface area contributed by atoms with E-state index in [2.05, 4.69) is 5.32 Å². The van der Waals surface area contributed by atoms with Crippen molar-refractivity contribution in [3.05, 3.63) is 28.8 Å². The van der Waals surface area contributed by atoms with Crippen LogP contribution in [-0.4, -0.2) is 5.91 Å². The van der Waals surface area contributed by atoms with Gasteiger partial charge in [0.25, 0.3) is 0 Å². The monoisotopic (exact) mass is 234 g/mol. The fraction of sp³-hybridized carbons (Fsp3) is 0.333. The molecule has 0 heterocycles. The minimum absolute atomic E-state index is 0.00300. The summed E-state index contributed by atoms with van der Waals surface area (Å²) in [5.74, 6) is 0.116. The van der Waals surface area contributed by atoms with Crippen molar-refractivity contribution in [3.8, 4) is 6.07 Å². The Morgan fingerprint density at radius 2 is 2.25 bits per heavy atom. The molecule has 0 saturated heterocycles. The van der Waals surface area contributed by atoms with Crippen molar-refractivity contribution < 1.29 is 4.79 Å². The molecule has 1 aromatic carbocycles. The first kappa shape index (κ1) is 11.0. The molecule has 1 aliphatic rings. The van der Waals surface area contributed by atoms with Crippen molar-refractivity contribution in [2.75, 3.05) is 5.32 Å². The van der Waals surface area contributed by atoms with Crippen LogP contribution in [0.2, 0.25) is 5.02 Å². The molecule has 0 radical (unpaired) electrons. The number of hydrogen-bond acceptors (Lipinski definition) is 2. The number of nitriles is 1. The van der Waals surface area contributed by atoms with Crippen LogP contribution >= 0.6 is 11.6 Å². The van der Waals surface area contributed by atoms with Crippen LogP contribution < -0.4 is 5.32 Å². The van der Waals surface area contributed by atoms with E-state index in [1.165, 1.54) is 0 Å². The maximum absolute atomic E-state index is 11.7. The third kappa shape index (κ3) is 2.17. The lowest BCUT2D eigenvalue weighted by Crippen LogP contribution is -2.28. The summed E-state index contributed by atoms with van der Waals surface area (Å²) >= 11 is 5.94. The first-order chi connectivity index (χ1) is 7.70. The van der Waals surface area contributed by atoms with E-state index in [0.717, 1.165) is 19.3 Å². The number of amides is 1. The van der Waals surface area contributed by atoms with E-state index in [1.54, 1.807) is 18.2 Å². The van der Waals surface area contributed by atoms with Gasteiger partial charge in [-0.2, -0.15) is 5.26 Å². The summed E-state index contributed by atoms with van der Waals surface area (Å²) < 4.78 is 0. The summed E-state index contributed by atoms with van der Waals surface area (Å²) in [6, 6.07) is 6.86. The van der Waals surface area contributed by atoms with Crippen molar-refractivity contribution in [3.63, 3.8) is 0 Å². The molecule has 1 fully saturated rings. The molecule has 16 heavy (non-hydrogen) atoms. The van der Waals surface area contributed by atoms with Gasteiger partial charge in [0.05, 0.1) is 22.3 Å². The van der Waals surface area contributed by atoms with Gasteiger partial charge in [0, 0.05) is 5.92 Å². The maximum atomic E-state index is 11.7. The van der Waals surface area contributed by atoms with Gasteiger partial charge in [-0.05, 0) is 31.0 Å². The second kappa shape index (κ2) is 4.54. The SMILES string of the molecule is N#Cc1ccc(Cl)c(NC(=O)C2CCC2)c1. The molecule has 3 nitrogen and oxygen atoms in total. The Morgan fingerprint density at radius 3 is 2.81 bits per heavy atom. The summed E-state index contributed by atoms with van der Waals surface area (Å²) in [5.41, 5.74) is 1.02. The number of nitrogens with zero attached hydrogens (tertiary/aromatic N) is 1. The van der Waals surface area contributed by atoms with Gasteiger partial charge >= 0.3 is 0 Å². The number of anilines is 1. The second-order valence-corrected chi connectivity index (χ2v) is 4.33. The summed E-state index contributed by atoms with van der Waals surface area (Å²) in [4.78, 5) is 11.7. The van der Waals surface area contributed by atoms with Gasteiger partial charge in [0.1, 0.15) is 0 Å². The molecule has 4 heteroatoms. The van der Waals surface area contributed by atoms with Crippen molar-refractivity contribution in [2.24, 2.45) is 5.92 Å². The lowest BCUT2D eigenvalue weighted by molar-refractivity contribution is -0.122. The summed E-state index contributed by atoms with van der Waals surface area (Å²) in [5, 5.41) is 12.0. The largest absolute Gasteiger partial charge is 0.324 e. The van der Waals surface area contributed by atoms with Crippen molar-refractivity contribution in [1.82, 2.24) is 0 Å². The Morgan fingerprint density at radius 1 is 1.50 bits per heavy atom. The molecule has 1 amide bonds. The zero-order valence-corrected chi connectivity index (χ0v) is 9.42. The maximum Gasteiger partial charge on any atom is 0.227 e. The van der Waals surface area contributed by atoms with Gasteiger partial charge in [0.2, 0.25) is 5.91 Å². The quantitative estimate of drug-likeness (QED) is 0.855. The molecule has 2 rings (SSSR count). The number of benzene rings is 1. The predicted molar refractivity (Wildman–Crippen MR) is 62.1 cm³/mol. The van der Waals surface area contributed by atoms with Gasteiger partial charge in [-0.25, -0.2) is 0 Å². The normalized spacial score (nSPS) is 15.0. The van der Waals surface area contributed by atoms with E-state index in [1.807, 2.05) is 6.07 Å². The van der Waals surface area contributed by atoms with E-state index >= 15 is 0 Å². The standard InChI is InChI=1S/C12H11ClN2O/c13-10-5-4-8(7-14)6-11(10)15-12(16)9-2-1-3-9/h4-6,9H,1-3H2,(H,15,16). The lowest BCUT2D eigenvalue weighted by Gasteiger charge is -2.24. The topological polar surface area (TPSA) is 52.9 Å². The third-order valence-electron chi connectivity index (χ3n) is 2.83. The Kier molecular flexibility index (Phi) is 3.12. The van der Waals surface area contributed by atoms with Gasteiger partial charge < -0.3 is 5.32 Å². The average molecular weight is 235 g/mol. The van der Waals surface area contributed by atoms with E-state index < -0.39 is 0 Å². The molecule has 0 aliphatic heterocycles. The van der Waals surface area contributed by atoms with Gasteiger partial charge in [-0.1, -0.05) is 18.0 Å². The molecule has 0 unspecified atom stereocenters. The summed E-state index contributed by atoms with van der Waals surface area (Å²) in [7, 11) is 0. The fourth-order valence-electron chi connectivity index (χ4n) is 1.60. The van der Waals surface area contributed by atoms with E-state index in [0.29, 0.717) is 16.3 Å². The van der Waals surface area contributed by atoms with E-state index in [4.69, 9.17) is 16.9 Å². The molecule has 0 aromatic heterocycles. The van der Waals surface area contributed by atoms with Crippen molar-refractivity contribution in [2.45, 2.75) is 19.3 Å². The molecule has 82 valence electrons. The molecule has 0 atom stereocenters. The van der Waals surface area contributed by atoms with Crippen LogP contribution in [-0.2, 0) is 4.79 Å². The molecule has 0 spiro atoms. The first-order valence-electron chi connectivity index (χ1n) is 5.21. The van der Waals surface area contributed by atoms with Crippen LogP contribution in [0.3, 0.4) is 0 Å². The Bertz CT molecular complexity index is 461. The number of carbonyl (C=O) groups excluding carboxylic acids is 1. The zero-order chi connectivity index (χ0) is 11.5. The van der Waals surface area contributed by atoms with Crippen LogP contribution in [0, 0.1) is 17.2 Å². The van der Waals surface area contributed by atoms with E-state index in [-0.39, 0.29) is 11.8 Å². The molecule has 1 aliphatic carbocycles. The Hall–Kier alpha value is -1.53. The number of hydrogen-bond donors (Lipinski definition) is 1. The second-order valence-electron chi connectivity index (χ2n) is 3.92. The van der Waals surface area contributed by atoms with Gasteiger partial charge in [-0.15, -0.1) is 0 Å². The molecular weight excluding hydrogens is 224 g/mol. The smallest absolute Gasteiger partial charge is 0.227 e. The average Bonchev–Trinajstić information content (AvgIpc) is 2.18. The Labute approximate surface area is 99.0 Å². The molecular formula is C12H11ClN2O. The highest BCUT2D eigenvalue weighted by atomic mass is 35.5. The highest BCUT2D eigenvalue weighted by Crippen LogP contribution is 2.29. The molecule has 0 bridgehead atoms.